The number of morpholine rings is 1. The number of halogens is 1. The summed E-state index contributed by atoms with van der Waals surface area (Å²) >= 11 is 1.54. The molecule has 4 rings (SSSR count). The average Bonchev–Trinajstić information content (AvgIpc) is 3.36. The number of ether oxygens (including phenoxy) is 1. The molecule has 0 saturated carbocycles. The van der Waals surface area contributed by atoms with Crippen LogP contribution in [0.25, 0.3) is 6.08 Å². The molecule has 9 heteroatoms. The maximum Gasteiger partial charge on any atom is 0.251 e. The summed E-state index contributed by atoms with van der Waals surface area (Å²) in [6.07, 6.45) is 3.07. The number of benzene rings is 2. The highest BCUT2D eigenvalue weighted by atomic mass is 32.2. The lowest BCUT2D eigenvalue weighted by atomic mass is 10.2. The van der Waals surface area contributed by atoms with Crippen LogP contribution >= 0.6 is 11.3 Å². The van der Waals surface area contributed by atoms with Gasteiger partial charge in [-0.3, -0.25) is 4.79 Å². The monoisotopic (exact) mass is 486 g/mol. The maximum atomic E-state index is 13.4. The van der Waals surface area contributed by atoms with E-state index in [9.17, 15) is 17.6 Å². The fraction of sp³-hybridized carbons (Fsp3) is 0.208. The minimum atomic E-state index is -3.57. The Bertz CT molecular complexity index is 1200. The number of sulfonamides is 1. The molecule has 1 saturated heterocycles. The van der Waals surface area contributed by atoms with Crippen molar-refractivity contribution in [1.82, 2.24) is 4.31 Å². The summed E-state index contributed by atoms with van der Waals surface area (Å²) in [4.78, 5) is 15.8. The van der Waals surface area contributed by atoms with Crippen LogP contribution in [-0.2, 0) is 26.1 Å². The molecule has 1 amide bonds. The summed E-state index contributed by atoms with van der Waals surface area (Å²) in [6, 6.07) is 16.0. The van der Waals surface area contributed by atoms with Crippen molar-refractivity contribution in [2.24, 2.45) is 0 Å². The number of nitrogens with zero attached hydrogens (tertiary/aromatic N) is 2. The second-order valence-corrected chi connectivity index (χ2v) is 10.4. The van der Waals surface area contributed by atoms with E-state index in [0.717, 1.165) is 4.88 Å². The van der Waals surface area contributed by atoms with Crippen LogP contribution in [0.1, 0.15) is 10.4 Å². The third-order valence-electron chi connectivity index (χ3n) is 5.20. The van der Waals surface area contributed by atoms with E-state index in [1.807, 2.05) is 17.5 Å². The van der Waals surface area contributed by atoms with E-state index >= 15 is 0 Å². The highest BCUT2D eigenvalue weighted by molar-refractivity contribution is 7.89. The summed E-state index contributed by atoms with van der Waals surface area (Å²) in [6.45, 7) is 1.81. The fourth-order valence-corrected chi connectivity index (χ4v) is 5.52. The first kappa shape index (κ1) is 23.3. The maximum absolute atomic E-state index is 13.4. The number of rotatable bonds is 7. The van der Waals surface area contributed by atoms with Crippen LogP contribution in [0, 0.1) is 5.82 Å². The van der Waals surface area contributed by atoms with Crippen molar-refractivity contribution in [3.63, 3.8) is 0 Å². The van der Waals surface area contributed by atoms with Gasteiger partial charge in [-0.25, -0.2) is 12.8 Å². The lowest BCUT2D eigenvalue weighted by molar-refractivity contribution is -0.114. The predicted molar refractivity (Wildman–Crippen MR) is 127 cm³/mol. The van der Waals surface area contributed by atoms with Gasteiger partial charge >= 0.3 is 0 Å². The molecule has 0 aliphatic carbocycles. The minimum Gasteiger partial charge on any atom is -0.379 e. The van der Waals surface area contributed by atoms with Gasteiger partial charge in [0.05, 0.1) is 24.7 Å². The average molecular weight is 487 g/mol. The van der Waals surface area contributed by atoms with Crippen molar-refractivity contribution in [3.05, 3.63) is 88.4 Å². The summed E-state index contributed by atoms with van der Waals surface area (Å²) in [5.41, 5.74) is 1.28. The van der Waals surface area contributed by atoms with E-state index in [0.29, 0.717) is 44.1 Å². The Hall–Kier alpha value is -2.85. The van der Waals surface area contributed by atoms with Crippen molar-refractivity contribution in [2.75, 3.05) is 31.2 Å². The third kappa shape index (κ3) is 5.75. The second-order valence-electron chi connectivity index (χ2n) is 7.40. The summed E-state index contributed by atoms with van der Waals surface area (Å²) in [5, 5.41) is 1.94. The van der Waals surface area contributed by atoms with Crippen LogP contribution in [0.2, 0.25) is 0 Å². The molecule has 0 bridgehead atoms. The number of carbonyl (C=O) groups excluding carboxylic acids is 1. The van der Waals surface area contributed by atoms with Crippen LogP contribution < -0.4 is 4.90 Å². The highest BCUT2D eigenvalue weighted by Crippen LogP contribution is 2.22. The topological polar surface area (TPSA) is 66.9 Å². The summed E-state index contributed by atoms with van der Waals surface area (Å²) in [5.74, 6) is -0.634. The summed E-state index contributed by atoms with van der Waals surface area (Å²) in [7, 11) is -3.57. The van der Waals surface area contributed by atoms with Crippen LogP contribution in [0.15, 0.2) is 77.0 Å². The number of hydrogen-bond donors (Lipinski definition) is 0. The van der Waals surface area contributed by atoms with Crippen molar-refractivity contribution < 1.29 is 22.3 Å². The van der Waals surface area contributed by atoms with Crippen LogP contribution in [0.4, 0.5) is 10.1 Å². The van der Waals surface area contributed by atoms with Gasteiger partial charge in [0.25, 0.3) is 5.91 Å². The van der Waals surface area contributed by atoms with Crippen LogP contribution in [0.5, 0.6) is 0 Å². The van der Waals surface area contributed by atoms with Crippen LogP contribution in [0.3, 0.4) is 0 Å². The Morgan fingerprint density at radius 3 is 2.39 bits per heavy atom. The van der Waals surface area contributed by atoms with Gasteiger partial charge in [0.15, 0.2) is 0 Å². The first-order chi connectivity index (χ1) is 15.9. The Kier molecular flexibility index (Phi) is 7.34. The molecular formula is C24H23FN2O4S2. The fourth-order valence-electron chi connectivity index (χ4n) is 3.42. The standard InChI is InChI=1S/C24H23FN2O4S2/c25-20-6-8-21(9-7-20)27(18-22-2-1-17-32-22)24(28)12-5-19-3-10-23(11-4-19)33(29,30)26-13-15-31-16-14-26/h1-12,17H,13-16,18H2/b12-5+. The lowest BCUT2D eigenvalue weighted by Crippen LogP contribution is -2.40. The smallest absolute Gasteiger partial charge is 0.251 e. The number of amides is 1. The zero-order chi connectivity index (χ0) is 23.3. The molecule has 1 fully saturated rings. The minimum absolute atomic E-state index is 0.207. The molecular weight excluding hydrogens is 463 g/mol. The molecule has 33 heavy (non-hydrogen) atoms. The van der Waals surface area contributed by atoms with E-state index in [4.69, 9.17) is 4.74 Å². The van der Waals surface area contributed by atoms with Crippen LogP contribution in [-0.4, -0.2) is 44.9 Å². The van der Waals surface area contributed by atoms with E-state index in [1.165, 1.54) is 33.9 Å². The molecule has 1 aromatic heterocycles. The predicted octanol–water partition coefficient (Wildman–Crippen LogP) is 4.15. The molecule has 0 atom stereocenters. The molecule has 0 unspecified atom stereocenters. The Morgan fingerprint density at radius 1 is 1.06 bits per heavy atom. The van der Waals surface area contributed by atoms with Gasteiger partial charge in [-0.1, -0.05) is 18.2 Å². The molecule has 6 nitrogen and oxygen atoms in total. The Balaban J connectivity index is 1.50. The van der Waals surface area contributed by atoms with E-state index in [2.05, 4.69) is 0 Å². The van der Waals surface area contributed by atoms with Gasteiger partial charge in [-0.05, 0) is 59.5 Å². The molecule has 2 heterocycles. The number of hydrogen-bond acceptors (Lipinski definition) is 5. The molecule has 0 radical (unpaired) electrons. The largest absolute Gasteiger partial charge is 0.379 e. The van der Waals surface area contributed by atoms with E-state index in [1.54, 1.807) is 47.4 Å². The lowest BCUT2D eigenvalue weighted by Gasteiger charge is -2.26. The van der Waals surface area contributed by atoms with E-state index in [-0.39, 0.29) is 16.6 Å². The van der Waals surface area contributed by atoms with Gasteiger partial charge in [-0.15, -0.1) is 11.3 Å². The normalized spacial score (nSPS) is 15.1. The van der Waals surface area contributed by atoms with Gasteiger partial charge in [0.2, 0.25) is 10.0 Å². The van der Waals surface area contributed by atoms with Crippen molar-refractivity contribution in [2.45, 2.75) is 11.4 Å². The quantitative estimate of drug-likeness (QED) is 0.471. The van der Waals surface area contributed by atoms with E-state index < -0.39 is 10.0 Å². The molecule has 3 aromatic rings. The van der Waals surface area contributed by atoms with Gasteiger partial charge in [-0.2, -0.15) is 4.31 Å². The summed E-state index contributed by atoms with van der Waals surface area (Å²) < 4.78 is 45.5. The Morgan fingerprint density at radius 2 is 1.76 bits per heavy atom. The molecule has 0 spiro atoms. The van der Waals surface area contributed by atoms with Gasteiger partial charge < -0.3 is 9.64 Å². The number of anilines is 1. The second kappa shape index (κ2) is 10.4. The zero-order valence-corrected chi connectivity index (χ0v) is 19.4. The molecule has 1 aliphatic rings. The molecule has 0 N–H and O–H groups in total. The third-order valence-corrected chi connectivity index (χ3v) is 7.98. The Labute approximate surface area is 196 Å². The van der Waals surface area contributed by atoms with Gasteiger partial charge in [0.1, 0.15) is 5.82 Å². The molecule has 172 valence electrons. The number of carbonyl (C=O) groups is 1. The van der Waals surface area contributed by atoms with Gasteiger partial charge in [0, 0.05) is 29.7 Å². The van der Waals surface area contributed by atoms with Crippen molar-refractivity contribution in [1.29, 1.82) is 0 Å². The number of thiophene rings is 1. The molecule has 1 aliphatic heterocycles. The highest BCUT2D eigenvalue weighted by Gasteiger charge is 2.26. The first-order valence-corrected chi connectivity index (χ1v) is 12.7. The SMILES string of the molecule is O=C(/C=C/c1ccc(S(=O)(=O)N2CCOCC2)cc1)N(Cc1cccs1)c1ccc(F)cc1. The molecule has 2 aromatic carbocycles. The zero-order valence-electron chi connectivity index (χ0n) is 17.8. The first-order valence-electron chi connectivity index (χ1n) is 10.4. The van der Waals surface area contributed by atoms with Crippen molar-refractivity contribution >= 4 is 39.0 Å². The van der Waals surface area contributed by atoms with Crippen molar-refractivity contribution in [3.8, 4) is 0 Å².